The highest BCUT2D eigenvalue weighted by molar-refractivity contribution is 6.32. The van der Waals surface area contributed by atoms with Crippen molar-refractivity contribution in [3.05, 3.63) is 109 Å². The highest BCUT2D eigenvalue weighted by atomic mass is 35.5. The van der Waals surface area contributed by atoms with E-state index in [1.807, 2.05) is 0 Å². The lowest BCUT2D eigenvalue weighted by molar-refractivity contribution is 0.102. The van der Waals surface area contributed by atoms with E-state index in [4.69, 9.17) is 44.3 Å². The molecule has 0 aliphatic rings. The Bertz CT molecular complexity index is 1630. The van der Waals surface area contributed by atoms with Crippen LogP contribution in [-0.2, 0) is 0 Å². The van der Waals surface area contributed by atoms with Gasteiger partial charge in [0.1, 0.15) is 22.8 Å². The van der Waals surface area contributed by atoms with Crippen LogP contribution >= 0.6 is 34.8 Å². The fourth-order valence-electron chi connectivity index (χ4n) is 3.71. The molecule has 194 valence electrons. The predicted octanol–water partition coefficient (Wildman–Crippen LogP) is 6.00. The molecule has 0 aliphatic carbocycles. The van der Waals surface area contributed by atoms with E-state index in [2.05, 4.69) is 5.32 Å². The zero-order chi connectivity index (χ0) is 27.6. The standard InChI is InChI=1S/C27H19Cl3N2O6/c1-37-23-7-4-16(29)11-20(23)31-26(35)19-9-14(25(34)18-10-15(28)3-6-22(18)33)13-32(27(19)36)21-12-17(30)5-8-24(21)38-2/h3-13,33H,1-2H3,(H,31,35). The Balaban J connectivity index is 1.93. The first-order valence-electron chi connectivity index (χ1n) is 10.9. The first kappa shape index (κ1) is 27.1. The van der Waals surface area contributed by atoms with Gasteiger partial charge in [-0.3, -0.25) is 19.0 Å². The topological polar surface area (TPSA) is 107 Å². The monoisotopic (exact) mass is 572 g/mol. The number of ketones is 1. The number of aromatic nitrogens is 1. The summed E-state index contributed by atoms with van der Waals surface area (Å²) in [5.41, 5.74) is -0.974. The number of aromatic hydroxyl groups is 1. The van der Waals surface area contributed by atoms with Crippen LogP contribution in [0.2, 0.25) is 15.1 Å². The minimum Gasteiger partial charge on any atom is -0.507 e. The van der Waals surface area contributed by atoms with Crippen LogP contribution in [0.5, 0.6) is 17.2 Å². The number of nitrogens with one attached hydrogen (secondary N) is 1. The van der Waals surface area contributed by atoms with Crippen LogP contribution in [-0.4, -0.2) is 35.6 Å². The average Bonchev–Trinajstić information content (AvgIpc) is 2.90. The first-order valence-corrected chi connectivity index (χ1v) is 12.0. The smallest absolute Gasteiger partial charge is 0.268 e. The number of carbonyl (C=O) groups is 2. The number of halogens is 3. The van der Waals surface area contributed by atoms with Gasteiger partial charge in [0.2, 0.25) is 0 Å². The fraction of sp³-hybridized carbons (Fsp3) is 0.0741. The summed E-state index contributed by atoms with van der Waals surface area (Å²) >= 11 is 18.3. The van der Waals surface area contributed by atoms with Crippen molar-refractivity contribution in [2.75, 3.05) is 19.5 Å². The van der Waals surface area contributed by atoms with Gasteiger partial charge >= 0.3 is 0 Å². The lowest BCUT2D eigenvalue weighted by Gasteiger charge is -2.16. The van der Waals surface area contributed by atoms with Crippen molar-refractivity contribution >= 4 is 52.2 Å². The van der Waals surface area contributed by atoms with Crippen LogP contribution in [0.25, 0.3) is 5.69 Å². The number of carbonyl (C=O) groups excluding carboxylic acids is 2. The van der Waals surface area contributed by atoms with Crippen LogP contribution in [0.3, 0.4) is 0 Å². The minimum absolute atomic E-state index is 0.0904. The Morgan fingerprint density at radius 3 is 2.11 bits per heavy atom. The molecule has 0 unspecified atom stereocenters. The number of hydrogen-bond donors (Lipinski definition) is 2. The van der Waals surface area contributed by atoms with Crippen molar-refractivity contribution in [2.45, 2.75) is 0 Å². The summed E-state index contributed by atoms with van der Waals surface area (Å²) in [6.07, 6.45) is 1.23. The van der Waals surface area contributed by atoms with E-state index >= 15 is 0 Å². The van der Waals surface area contributed by atoms with Crippen molar-refractivity contribution in [1.29, 1.82) is 0 Å². The van der Waals surface area contributed by atoms with Gasteiger partial charge in [-0.25, -0.2) is 0 Å². The predicted molar refractivity (Wildman–Crippen MR) is 146 cm³/mol. The van der Waals surface area contributed by atoms with Gasteiger partial charge in [-0.1, -0.05) is 34.8 Å². The maximum atomic E-state index is 13.6. The molecule has 0 atom stereocenters. The summed E-state index contributed by atoms with van der Waals surface area (Å²) in [5, 5.41) is 13.7. The summed E-state index contributed by atoms with van der Waals surface area (Å²) in [7, 11) is 2.81. The quantitative estimate of drug-likeness (QED) is 0.263. The summed E-state index contributed by atoms with van der Waals surface area (Å²) in [6, 6.07) is 14.2. The molecule has 2 N–H and O–H groups in total. The molecular weight excluding hydrogens is 555 g/mol. The van der Waals surface area contributed by atoms with E-state index in [-0.39, 0.29) is 49.6 Å². The highest BCUT2D eigenvalue weighted by Gasteiger charge is 2.23. The Morgan fingerprint density at radius 2 is 1.42 bits per heavy atom. The lowest BCUT2D eigenvalue weighted by atomic mass is 10.0. The molecule has 4 rings (SSSR count). The third-order valence-electron chi connectivity index (χ3n) is 5.54. The molecule has 0 saturated carbocycles. The summed E-state index contributed by atoms with van der Waals surface area (Å²) in [6.45, 7) is 0. The van der Waals surface area contributed by atoms with Gasteiger partial charge in [0.05, 0.1) is 31.2 Å². The molecular formula is C27H19Cl3N2O6. The molecule has 0 spiro atoms. The van der Waals surface area contributed by atoms with Crippen molar-refractivity contribution in [3.8, 4) is 22.9 Å². The van der Waals surface area contributed by atoms with E-state index in [0.29, 0.717) is 10.8 Å². The molecule has 1 heterocycles. The molecule has 1 aromatic heterocycles. The molecule has 0 bridgehead atoms. The average molecular weight is 574 g/mol. The Labute approximate surface area is 231 Å². The Morgan fingerprint density at radius 1 is 0.816 bits per heavy atom. The third-order valence-corrected chi connectivity index (χ3v) is 6.24. The number of nitrogens with zero attached hydrogens (tertiary/aromatic N) is 1. The van der Waals surface area contributed by atoms with Crippen molar-refractivity contribution in [2.24, 2.45) is 0 Å². The second-order valence-electron chi connectivity index (χ2n) is 7.92. The van der Waals surface area contributed by atoms with E-state index in [1.54, 1.807) is 18.2 Å². The van der Waals surface area contributed by atoms with Gasteiger partial charge in [-0.2, -0.15) is 0 Å². The van der Waals surface area contributed by atoms with Gasteiger partial charge in [0.25, 0.3) is 11.5 Å². The van der Waals surface area contributed by atoms with Gasteiger partial charge in [-0.15, -0.1) is 0 Å². The van der Waals surface area contributed by atoms with Gasteiger partial charge in [0, 0.05) is 26.8 Å². The second kappa shape index (κ2) is 11.2. The number of methoxy groups -OCH3 is 2. The number of phenolic OH excluding ortho intramolecular Hbond substituents is 1. The number of hydrogen-bond acceptors (Lipinski definition) is 6. The van der Waals surface area contributed by atoms with Crippen LogP contribution in [0.1, 0.15) is 26.3 Å². The number of phenols is 1. The molecule has 11 heteroatoms. The SMILES string of the molecule is COc1ccc(Cl)cc1NC(=O)c1cc(C(=O)c2cc(Cl)ccc2O)cn(-c2cc(Cl)ccc2OC)c1=O. The van der Waals surface area contributed by atoms with Crippen molar-refractivity contribution in [1.82, 2.24) is 4.57 Å². The molecule has 8 nitrogen and oxygen atoms in total. The van der Waals surface area contributed by atoms with Gasteiger partial charge < -0.3 is 19.9 Å². The van der Waals surface area contributed by atoms with Crippen molar-refractivity contribution in [3.63, 3.8) is 0 Å². The number of anilines is 1. The third kappa shape index (κ3) is 5.47. The van der Waals surface area contributed by atoms with Crippen LogP contribution in [0, 0.1) is 0 Å². The molecule has 0 aliphatic heterocycles. The minimum atomic E-state index is -0.838. The highest BCUT2D eigenvalue weighted by Crippen LogP contribution is 2.30. The van der Waals surface area contributed by atoms with Crippen LogP contribution < -0.4 is 20.3 Å². The lowest BCUT2D eigenvalue weighted by Crippen LogP contribution is -2.30. The largest absolute Gasteiger partial charge is 0.507 e. The number of ether oxygens (including phenoxy) is 2. The van der Waals surface area contributed by atoms with E-state index in [0.717, 1.165) is 10.6 Å². The molecule has 0 radical (unpaired) electrons. The normalized spacial score (nSPS) is 10.7. The van der Waals surface area contributed by atoms with Crippen LogP contribution in [0.4, 0.5) is 5.69 Å². The van der Waals surface area contributed by atoms with Gasteiger partial charge in [0.15, 0.2) is 5.78 Å². The second-order valence-corrected chi connectivity index (χ2v) is 9.23. The maximum Gasteiger partial charge on any atom is 0.268 e. The van der Waals surface area contributed by atoms with E-state index in [9.17, 15) is 19.5 Å². The number of pyridine rings is 1. The maximum absolute atomic E-state index is 13.6. The molecule has 4 aromatic rings. The number of rotatable bonds is 7. The molecule has 1 amide bonds. The van der Waals surface area contributed by atoms with E-state index < -0.39 is 17.2 Å². The Hall–Kier alpha value is -3.98. The summed E-state index contributed by atoms with van der Waals surface area (Å²) in [5.74, 6) is -1.29. The molecule has 3 aromatic carbocycles. The Kier molecular flexibility index (Phi) is 7.97. The first-order chi connectivity index (χ1) is 18.1. The zero-order valence-corrected chi connectivity index (χ0v) is 22.2. The van der Waals surface area contributed by atoms with E-state index in [1.165, 1.54) is 56.8 Å². The zero-order valence-electron chi connectivity index (χ0n) is 19.9. The fourth-order valence-corrected chi connectivity index (χ4v) is 4.22. The summed E-state index contributed by atoms with van der Waals surface area (Å²) < 4.78 is 11.7. The van der Waals surface area contributed by atoms with Gasteiger partial charge in [-0.05, 0) is 60.7 Å². The molecule has 0 saturated heterocycles. The van der Waals surface area contributed by atoms with Crippen molar-refractivity contribution < 1.29 is 24.2 Å². The molecule has 0 fully saturated rings. The molecule has 38 heavy (non-hydrogen) atoms. The number of benzene rings is 3. The summed E-state index contributed by atoms with van der Waals surface area (Å²) in [4.78, 5) is 40.4. The number of amides is 1. The van der Waals surface area contributed by atoms with Crippen LogP contribution in [0.15, 0.2) is 71.7 Å².